The summed E-state index contributed by atoms with van der Waals surface area (Å²) in [6.07, 6.45) is 1.08. The van der Waals surface area contributed by atoms with Crippen LogP contribution in [-0.2, 0) is 17.6 Å². The molecule has 2 rings (SSSR count). The van der Waals surface area contributed by atoms with Crippen LogP contribution in [0.15, 0.2) is 29.1 Å². The van der Waals surface area contributed by atoms with Crippen molar-refractivity contribution in [1.29, 1.82) is 0 Å². The molecule has 0 saturated carbocycles. The molecule has 0 radical (unpaired) electrons. The van der Waals surface area contributed by atoms with E-state index in [9.17, 15) is 9.59 Å². The highest BCUT2D eigenvalue weighted by Gasteiger charge is 2.07. The molecule has 0 fully saturated rings. The summed E-state index contributed by atoms with van der Waals surface area (Å²) in [5.41, 5.74) is 2.28. The number of aliphatic carboxylic acids is 1. The van der Waals surface area contributed by atoms with E-state index in [1.54, 1.807) is 6.07 Å². The molecule has 0 spiro atoms. The number of aromatic nitrogens is 1. The van der Waals surface area contributed by atoms with E-state index in [-0.39, 0.29) is 18.4 Å². The van der Waals surface area contributed by atoms with Crippen LogP contribution in [0.2, 0.25) is 0 Å². The highest BCUT2D eigenvalue weighted by atomic mass is 16.4. The molecule has 0 aliphatic heterocycles. The Hall–Kier alpha value is -2.10. The van der Waals surface area contributed by atoms with E-state index in [1.165, 1.54) is 0 Å². The smallest absolute Gasteiger partial charge is 0.303 e. The Bertz CT molecular complexity index is 643. The molecule has 0 bridgehead atoms. The summed E-state index contributed by atoms with van der Waals surface area (Å²) in [7, 11) is 0. The number of carbonyl (C=O) groups is 1. The average molecular weight is 245 g/mol. The van der Waals surface area contributed by atoms with Crippen molar-refractivity contribution in [2.45, 2.75) is 26.2 Å². The highest BCUT2D eigenvalue weighted by Crippen LogP contribution is 2.16. The van der Waals surface area contributed by atoms with Gasteiger partial charge in [0.1, 0.15) is 0 Å². The third-order valence-corrected chi connectivity index (χ3v) is 3.03. The lowest BCUT2D eigenvalue weighted by Crippen LogP contribution is -2.14. The zero-order valence-electron chi connectivity index (χ0n) is 10.2. The number of rotatable bonds is 4. The number of H-pyrrole nitrogens is 1. The van der Waals surface area contributed by atoms with Crippen LogP contribution in [0.5, 0.6) is 0 Å². The van der Waals surface area contributed by atoms with Crippen LogP contribution >= 0.6 is 0 Å². The van der Waals surface area contributed by atoms with Gasteiger partial charge in [0, 0.05) is 12.0 Å². The molecule has 94 valence electrons. The quantitative estimate of drug-likeness (QED) is 0.866. The number of hydrogen-bond acceptors (Lipinski definition) is 2. The summed E-state index contributed by atoms with van der Waals surface area (Å²) in [4.78, 5) is 25.3. The Labute approximate surface area is 104 Å². The predicted molar refractivity (Wildman–Crippen MR) is 69.9 cm³/mol. The van der Waals surface area contributed by atoms with Gasteiger partial charge in [0.25, 0.3) is 5.56 Å². The van der Waals surface area contributed by atoms with E-state index in [0.29, 0.717) is 5.56 Å². The first-order valence-electron chi connectivity index (χ1n) is 5.97. The first-order valence-corrected chi connectivity index (χ1v) is 5.97. The molecule has 1 heterocycles. The minimum absolute atomic E-state index is 0.0257. The molecule has 0 aliphatic rings. The number of hydrogen-bond donors (Lipinski definition) is 2. The second-order valence-corrected chi connectivity index (χ2v) is 4.25. The highest BCUT2D eigenvalue weighted by molar-refractivity contribution is 5.82. The van der Waals surface area contributed by atoms with Gasteiger partial charge < -0.3 is 10.1 Å². The van der Waals surface area contributed by atoms with Gasteiger partial charge in [-0.1, -0.05) is 25.1 Å². The fourth-order valence-electron chi connectivity index (χ4n) is 2.06. The van der Waals surface area contributed by atoms with Crippen molar-refractivity contribution in [1.82, 2.24) is 4.98 Å². The summed E-state index contributed by atoms with van der Waals surface area (Å²) in [6.45, 7) is 2.03. The summed E-state index contributed by atoms with van der Waals surface area (Å²) >= 11 is 0. The third-order valence-electron chi connectivity index (χ3n) is 3.03. The Morgan fingerprint density at radius 3 is 2.78 bits per heavy atom. The molecule has 2 aromatic rings. The standard InChI is InChI=1S/C14H15NO3/c1-2-9-4-3-5-10-8-11(6-7-12(16)17)14(18)15-13(9)10/h3-5,8H,2,6-7H2,1H3,(H,15,18)(H,16,17). The second kappa shape index (κ2) is 5.04. The van der Waals surface area contributed by atoms with Crippen molar-refractivity contribution in [3.05, 3.63) is 45.7 Å². The first kappa shape index (κ1) is 12.4. The van der Waals surface area contributed by atoms with Crippen molar-refractivity contribution < 1.29 is 9.90 Å². The van der Waals surface area contributed by atoms with Crippen LogP contribution in [0, 0.1) is 0 Å². The van der Waals surface area contributed by atoms with Crippen LogP contribution in [0.1, 0.15) is 24.5 Å². The molecule has 4 heteroatoms. The number of para-hydroxylation sites is 1. The lowest BCUT2D eigenvalue weighted by molar-refractivity contribution is -0.136. The van der Waals surface area contributed by atoms with Gasteiger partial charge in [0.15, 0.2) is 0 Å². The second-order valence-electron chi connectivity index (χ2n) is 4.25. The normalized spacial score (nSPS) is 10.7. The molecule has 2 N–H and O–H groups in total. The van der Waals surface area contributed by atoms with E-state index >= 15 is 0 Å². The van der Waals surface area contributed by atoms with Gasteiger partial charge in [-0.2, -0.15) is 0 Å². The summed E-state index contributed by atoms with van der Waals surface area (Å²) in [5, 5.41) is 9.60. The molecule has 18 heavy (non-hydrogen) atoms. The van der Waals surface area contributed by atoms with E-state index in [0.717, 1.165) is 22.9 Å². The maximum Gasteiger partial charge on any atom is 0.303 e. The number of aryl methyl sites for hydroxylation is 2. The molecule has 1 aromatic heterocycles. The maximum atomic E-state index is 11.9. The van der Waals surface area contributed by atoms with E-state index in [4.69, 9.17) is 5.11 Å². The third kappa shape index (κ3) is 2.42. The number of pyridine rings is 1. The molecule has 0 atom stereocenters. The number of nitrogens with one attached hydrogen (secondary N) is 1. The van der Waals surface area contributed by atoms with Crippen molar-refractivity contribution in [3.63, 3.8) is 0 Å². The number of aromatic amines is 1. The van der Waals surface area contributed by atoms with Crippen molar-refractivity contribution in [2.75, 3.05) is 0 Å². The number of carboxylic acid groups (broad SMARTS) is 1. The van der Waals surface area contributed by atoms with Crippen LogP contribution < -0.4 is 5.56 Å². The van der Waals surface area contributed by atoms with Crippen LogP contribution in [0.3, 0.4) is 0 Å². The van der Waals surface area contributed by atoms with Gasteiger partial charge >= 0.3 is 5.97 Å². The van der Waals surface area contributed by atoms with E-state index in [1.807, 2.05) is 25.1 Å². The van der Waals surface area contributed by atoms with Crippen molar-refractivity contribution >= 4 is 16.9 Å². The number of benzene rings is 1. The molecule has 4 nitrogen and oxygen atoms in total. The monoisotopic (exact) mass is 245 g/mol. The summed E-state index contributed by atoms with van der Waals surface area (Å²) in [6, 6.07) is 7.64. The molecule has 0 amide bonds. The summed E-state index contributed by atoms with van der Waals surface area (Å²) in [5.74, 6) is -0.892. The predicted octanol–water partition coefficient (Wildman–Crippen LogP) is 2.11. The lowest BCUT2D eigenvalue weighted by Gasteiger charge is -2.06. The first-order chi connectivity index (χ1) is 8.61. The largest absolute Gasteiger partial charge is 0.481 e. The minimum Gasteiger partial charge on any atom is -0.481 e. The molecular formula is C14H15NO3. The average Bonchev–Trinajstić information content (AvgIpc) is 2.35. The van der Waals surface area contributed by atoms with Crippen LogP contribution in [0.4, 0.5) is 0 Å². The van der Waals surface area contributed by atoms with E-state index in [2.05, 4.69) is 4.98 Å². The Morgan fingerprint density at radius 2 is 2.11 bits per heavy atom. The van der Waals surface area contributed by atoms with Gasteiger partial charge in [-0.25, -0.2) is 0 Å². The Balaban J connectivity index is 2.49. The number of fused-ring (bicyclic) bond motifs is 1. The fourth-order valence-corrected chi connectivity index (χ4v) is 2.06. The van der Waals surface area contributed by atoms with Gasteiger partial charge in [-0.3, -0.25) is 9.59 Å². The minimum atomic E-state index is -0.892. The Kier molecular flexibility index (Phi) is 3.46. The molecule has 0 saturated heterocycles. The van der Waals surface area contributed by atoms with Gasteiger partial charge in [0.2, 0.25) is 0 Å². The van der Waals surface area contributed by atoms with Gasteiger partial charge in [0.05, 0.1) is 5.52 Å². The lowest BCUT2D eigenvalue weighted by atomic mass is 10.0. The zero-order valence-corrected chi connectivity index (χ0v) is 10.2. The Morgan fingerprint density at radius 1 is 1.33 bits per heavy atom. The van der Waals surface area contributed by atoms with Crippen molar-refractivity contribution in [2.24, 2.45) is 0 Å². The van der Waals surface area contributed by atoms with Gasteiger partial charge in [-0.15, -0.1) is 0 Å². The maximum absolute atomic E-state index is 11.9. The number of carboxylic acids is 1. The fraction of sp³-hybridized carbons (Fsp3) is 0.286. The molecule has 1 aromatic carbocycles. The molecular weight excluding hydrogens is 230 g/mol. The SMILES string of the molecule is CCc1cccc2cc(CCC(=O)O)c(=O)[nH]c12. The topological polar surface area (TPSA) is 70.2 Å². The zero-order chi connectivity index (χ0) is 13.1. The van der Waals surface area contributed by atoms with Gasteiger partial charge in [-0.05, 0) is 29.9 Å². The van der Waals surface area contributed by atoms with Crippen LogP contribution in [0.25, 0.3) is 10.9 Å². The molecule has 0 unspecified atom stereocenters. The molecule has 0 aliphatic carbocycles. The van der Waals surface area contributed by atoms with E-state index < -0.39 is 5.97 Å². The summed E-state index contributed by atoms with van der Waals surface area (Å²) < 4.78 is 0. The van der Waals surface area contributed by atoms with Crippen LogP contribution in [-0.4, -0.2) is 16.1 Å². The van der Waals surface area contributed by atoms with Crippen molar-refractivity contribution in [3.8, 4) is 0 Å².